The van der Waals surface area contributed by atoms with Crippen LogP contribution in [0.25, 0.3) is 0 Å². The second-order valence-corrected chi connectivity index (χ2v) is 4.12. The molecular weight excluding hydrogens is 289 g/mol. The Morgan fingerprint density at radius 2 is 2.36 bits per heavy atom. The molecule has 1 atom stereocenters. The molecule has 0 saturated heterocycles. The molecule has 0 aliphatic carbocycles. The van der Waals surface area contributed by atoms with E-state index in [2.05, 4.69) is 33.8 Å². The lowest BCUT2D eigenvalue weighted by atomic mass is 10.2. The molecule has 0 aromatic heterocycles. The average molecular weight is 299 g/mol. The molecular formula is C11H10INO. The van der Waals surface area contributed by atoms with E-state index in [1.165, 1.54) is 0 Å². The minimum Gasteiger partial charge on any atom is -0.339 e. The van der Waals surface area contributed by atoms with Crippen molar-refractivity contribution in [2.24, 2.45) is 0 Å². The van der Waals surface area contributed by atoms with Gasteiger partial charge in [-0.15, -0.1) is 6.42 Å². The molecule has 1 rings (SSSR count). The summed E-state index contributed by atoms with van der Waals surface area (Å²) in [5.41, 5.74) is 0.638. The summed E-state index contributed by atoms with van der Waals surface area (Å²) in [5, 5.41) is 2.69. The van der Waals surface area contributed by atoms with Gasteiger partial charge in [0.1, 0.15) is 0 Å². The van der Waals surface area contributed by atoms with Gasteiger partial charge in [0, 0.05) is 9.13 Å². The van der Waals surface area contributed by atoms with Crippen LogP contribution in [-0.2, 0) is 0 Å². The van der Waals surface area contributed by atoms with E-state index in [1.54, 1.807) is 13.0 Å². The summed E-state index contributed by atoms with van der Waals surface area (Å²) in [6.07, 6.45) is 5.16. The van der Waals surface area contributed by atoms with Crippen molar-refractivity contribution in [2.75, 3.05) is 0 Å². The Morgan fingerprint density at radius 3 is 2.93 bits per heavy atom. The zero-order chi connectivity index (χ0) is 10.6. The molecule has 0 aliphatic rings. The summed E-state index contributed by atoms with van der Waals surface area (Å²) < 4.78 is 1.03. The van der Waals surface area contributed by atoms with Crippen LogP contribution in [0.15, 0.2) is 24.3 Å². The fraction of sp³-hybridized carbons (Fsp3) is 0.182. The van der Waals surface area contributed by atoms with Crippen LogP contribution >= 0.6 is 22.6 Å². The van der Waals surface area contributed by atoms with Gasteiger partial charge < -0.3 is 5.32 Å². The van der Waals surface area contributed by atoms with Crippen LogP contribution in [0, 0.1) is 15.9 Å². The number of terminal acetylenes is 1. The van der Waals surface area contributed by atoms with Crippen molar-refractivity contribution in [1.82, 2.24) is 5.32 Å². The molecule has 0 saturated carbocycles. The summed E-state index contributed by atoms with van der Waals surface area (Å²) in [6, 6.07) is 7.12. The average Bonchev–Trinajstić information content (AvgIpc) is 2.17. The Morgan fingerprint density at radius 1 is 1.64 bits per heavy atom. The number of amides is 1. The van der Waals surface area contributed by atoms with Gasteiger partial charge in [-0.25, -0.2) is 0 Å². The van der Waals surface area contributed by atoms with Crippen molar-refractivity contribution < 1.29 is 4.79 Å². The molecule has 3 heteroatoms. The van der Waals surface area contributed by atoms with Crippen LogP contribution < -0.4 is 5.32 Å². The largest absolute Gasteiger partial charge is 0.339 e. The molecule has 2 nitrogen and oxygen atoms in total. The Balaban J connectivity index is 2.76. The highest BCUT2D eigenvalue weighted by Gasteiger charge is 2.07. The van der Waals surface area contributed by atoms with Crippen LogP contribution in [0.2, 0.25) is 0 Å². The lowest BCUT2D eigenvalue weighted by Crippen LogP contribution is -2.31. The van der Waals surface area contributed by atoms with Crippen molar-refractivity contribution in [3.63, 3.8) is 0 Å². The lowest BCUT2D eigenvalue weighted by molar-refractivity contribution is 0.0948. The maximum Gasteiger partial charge on any atom is 0.252 e. The number of rotatable bonds is 2. The summed E-state index contributed by atoms with van der Waals surface area (Å²) in [5.74, 6) is 2.32. The van der Waals surface area contributed by atoms with Gasteiger partial charge in [0.05, 0.1) is 6.04 Å². The molecule has 0 bridgehead atoms. The first-order chi connectivity index (χ1) is 6.63. The number of hydrogen-bond donors (Lipinski definition) is 1. The highest BCUT2D eigenvalue weighted by atomic mass is 127. The number of hydrogen-bond acceptors (Lipinski definition) is 1. The Kier molecular flexibility index (Phi) is 3.96. The highest BCUT2D eigenvalue weighted by Crippen LogP contribution is 2.07. The number of carbonyl (C=O) groups is 1. The first-order valence-electron chi connectivity index (χ1n) is 4.16. The molecule has 72 valence electrons. The van der Waals surface area contributed by atoms with Gasteiger partial charge in [-0.3, -0.25) is 4.79 Å². The molecule has 1 aromatic rings. The van der Waals surface area contributed by atoms with E-state index in [9.17, 15) is 4.79 Å². The number of benzene rings is 1. The van der Waals surface area contributed by atoms with E-state index in [0.717, 1.165) is 3.57 Å². The molecule has 0 spiro atoms. The predicted octanol–water partition coefficient (Wildman–Crippen LogP) is 2.04. The maximum absolute atomic E-state index is 11.6. The topological polar surface area (TPSA) is 29.1 Å². The van der Waals surface area contributed by atoms with Gasteiger partial charge in [0.15, 0.2) is 0 Å². The molecule has 1 N–H and O–H groups in total. The standard InChI is InChI=1S/C11H10INO/c1-3-8(2)13-11(14)9-5-4-6-10(12)7-9/h1,4-8H,2H3,(H,13,14). The second-order valence-electron chi connectivity index (χ2n) is 2.87. The van der Waals surface area contributed by atoms with Gasteiger partial charge in [-0.05, 0) is 47.7 Å². The minimum absolute atomic E-state index is 0.131. The summed E-state index contributed by atoms with van der Waals surface area (Å²) >= 11 is 2.16. The summed E-state index contributed by atoms with van der Waals surface area (Å²) in [4.78, 5) is 11.6. The number of nitrogens with one attached hydrogen (secondary N) is 1. The fourth-order valence-electron chi connectivity index (χ4n) is 0.951. The fourth-order valence-corrected chi connectivity index (χ4v) is 1.49. The first-order valence-corrected chi connectivity index (χ1v) is 5.24. The van der Waals surface area contributed by atoms with E-state index in [-0.39, 0.29) is 11.9 Å². The van der Waals surface area contributed by atoms with E-state index in [4.69, 9.17) is 6.42 Å². The molecule has 0 aliphatic heterocycles. The van der Waals surface area contributed by atoms with Crippen molar-refractivity contribution in [3.05, 3.63) is 33.4 Å². The van der Waals surface area contributed by atoms with Crippen molar-refractivity contribution in [3.8, 4) is 12.3 Å². The predicted molar refractivity (Wildman–Crippen MR) is 64.9 cm³/mol. The molecule has 0 fully saturated rings. The molecule has 14 heavy (non-hydrogen) atoms. The third-order valence-corrected chi connectivity index (χ3v) is 2.36. The Labute approximate surface area is 97.2 Å². The van der Waals surface area contributed by atoms with E-state index >= 15 is 0 Å². The van der Waals surface area contributed by atoms with Gasteiger partial charge in [0.2, 0.25) is 0 Å². The maximum atomic E-state index is 11.6. The summed E-state index contributed by atoms with van der Waals surface area (Å²) in [6.45, 7) is 1.77. The van der Waals surface area contributed by atoms with Crippen molar-refractivity contribution >= 4 is 28.5 Å². The zero-order valence-corrected chi connectivity index (χ0v) is 9.91. The molecule has 1 aromatic carbocycles. The molecule has 1 amide bonds. The van der Waals surface area contributed by atoms with Gasteiger partial charge in [-0.1, -0.05) is 12.0 Å². The second kappa shape index (κ2) is 5.01. The van der Waals surface area contributed by atoms with Crippen LogP contribution in [0.3, 0.4) is 0 Å². The van der Waals surface area contributed by atoms with Crippen molar-refractivity contribution in [2.45, 2.75) is 13.0 Å². The van der Waals surface area contributed by atoms with Gasteiger partial charge in [-0.2, -0.15) is 0 Å². The monoisotopic (exact) mass is 299 g/mol. The minimum atomic E-state index is -0.236. The van der Waals surface area contributed by atoms with Gasteiger partial charge in [0.25, 0.3) is 5.91 Å². The molecule has 0 radical (unpaired) electrons. The van der Waals surface area contributed by atoms with Crippen LogP contribution in [0.1, 0.15) is 17.3 Å². The number of carbonyl (C=O) groups excluding carboxylic acids is 1. The van der Waals surface area contributed by atoms with Crippen LogP contribution in [0.5, 0.6) is 0 Å². The number of halogens is 1. The summed E-state index contributed by atoms with van der Waals surface area (Å²) in [7, 11) is 0. The third-order valence-electron chi connectivity index (χ3n) is 1.68. The smallest absolute Gasteiger partial charge is 0.252 e. The molecule has 0 heterocycles. The quantitative estimate of drug-likeness (QED) is 0.657. The van der Waals surface area contributed by atoms with Gasteiger partial charge >= 0.3 is 0 Å². The zero-order valence-electron chi connectivity index (χ0n) is 7.75. The lowest BCUT2D eigenvalue weighted by Gasteiger charge is -2.07. The van der Waals surface area contributed by atoms with E-state index in [1.807, 2.05) is 18.2 Å². The third kappa shape index (κ3) is 3.04. The van der Waals surface area contributed by atoms with Crippen LogP contribution in [-0.4, -0.2) is 11.9 Å². The first kappa shape index (κ1) is 11.1. The van der Waals surface area contributed by atoms with E-state index < -0.39 is 0 Å². The Bertz CT molecular complexity index is 381. The van der Waals surface area contributed by atoms with Crippen molar-refractivity contribution in [1.29, 1.82) is 0 Å². The molecule has 1 unspecified atom stereocenters. The highest BCUT2D eigenvalue weighted by molar-refractivity contribution is 14.1. The SMILES string of the molecule is C#CC(C)NC(=O)c1cccc(I)c1. The Hall–Kier alpha value is -1.02. The van der Waals surface area contributed by atoms with E-state index in [0.29, 0.717) is 5.56 Å². The normalized spacial score (nSPS) is 11.5. The van der Waals surface area contributed by atoms with Crippen LogP contribution in [0.4, 0.5) is 0 Å².